The van der Waals surface area contributed by atoms with Gasteiger partial charge in [-0.15, -0.1) is 0 Å². The molecular formula is C16H20F3N3O3. The third-order valence-corrected chi connectivity index (χ3v) is 4.00. The maximum atomic E-state index is 12.8. The third-order valence-electron chi connectivity index (χ3n) is 4.00. The van der Waals surface area contributed by atoms with Crippen molar-refractivity contribution in [1.82, 2.24) is 9.88 Å². The number of halogens is 3. The molecular weight excluding hydrogens is 339 g/mol. The molecule has 0 radical (unpaired) electrons. The van der Waals surface area contributed by atoms with Gasteiger partial charge in [0, 0.05) is 25.8 Å². The van der Waals surface area contributed by atoms with Crippen molar-refractivity contribution in [3.05, 3.63) is 17.8 Å². The highest BCUT2D eigenvalue weighted by Crippen LogP contribution is 2.38. The van der Waals surface area contributed by atoms with Crippen LogP contribution >= 0.6 is 0 Å². The molecule has 1 amide bonds. The summed E-state index contributed by atoms with van der Waals surface area (Å²) in [6.07, 6.45) is -4.05. The van der Waals surface area contributed by atoms with Crippen molar-refractivity contribution >= 4 is 11.9 Å². The van der Waals surface area contributed by atoms with Gasteiger partial charge in [0.15, 0.2) is 11.6 Å². The average Bonchev–Trinajstić information content (AvgIpc) is 2.51. The van der Waals surface area contributed by atoms with Crippen LogP contribution in [0.2, 0.25) is 0 Å². The van der Waals surface area contributed by atoms with Crippen LogP contribution in [0.15, 0.2) is 12.3 Å². The van der Waals surface area contributed by atoms with Crippen LogP contribution in [0.4, 0.5) is 23.8 Å². The average molecular weight is 359 g/mol. The first kappa shape index (κ1) is 17.6. The molecule has 3 rings (SSSR count). The predicted octanol–water partition coefficient (Wildman–Crippen LogP) is 2.92. The van der Waals surface area contributed by atoms with E-state index in [0.29, 0.717) is 25.5 Å². The van der Waals surface area contributed by atoms with Gasteiger partial charge < -0.3 is 19.3 Å². The second-order valence-electron chi connectivity index (χ2n) is 7.13. The molecule has 1 atom stereocenters. The van der Waals surface area contributed by atoms with Crippen LogP contribution in [0.1, 0.15) is 26.3 Å². The number of aromatic nitrogens is 1. The number of hydrogen-bond acceptors (Lipinski definition) is 5. The van der Waals surface area contributed by atoms with Crippen LogP contribution in [0.3, 0.4) is 0 Å². The Morgan fingerprint density at radius 3 is 2.68 bits per heavy atom. The number of ether oxygens (including phenoxy) is 2. The van der Waals surface area contributed by atoms with E-state index >= 15 is 0 Å². The van der Waals surface area contributed by atoms with Crippen LogP contribution in [0.5, 0.6) is 5.75 Å². The van der Waals surface area contributed by atoms with Gasteiger partial charge in [0.25, 0.3) is 0 Å². The van der Waals surface area contributed by atoms with Crippen molar-refractivity contribution in [2.45, 2.75) is 38.6 Å². The molecule has 25 heavy (non-hydrogen) atoms. The minimum Gasteiger partial charge on any atom is -0.487 e. The summed E-state index contributed by atoms with van der Waals surface area (Å²) in [7, 11) is 0. The van der Waals surface area contributed by atoms with E-state index in [1.807, 2.05) is 4.90 Å². The number of alkyl halides is 3. The molecule has 0 spiro atoms. The van der Waals surface area contributed by atoms with Crippen LogP contribution in [-0.4, -0.2) is 53.9 Å². The van der Waals surface area contributed by atoms with Gasteiger partial charge in [-0.05, 0) is 26.8 Å². The van der Waals surface area contributed by atoms with E-state index in [1.54, 1.807) is 25.7 Å². The largest absolute Gasteiger partial charge is 0.487 e. The summed E-state index contributed by atoms with van der Waals surface area (Å²) in [6, 6.07) is 0.803. The Balaban J connectivity index is 1.74. The summed E-state index contributed by atoms with van der Waals surface area (Å²) in [5.41, 5.74) is -1.42. The van der Waals surface area contributed by atoms with E-state index in [9.17, 15) is 18.0 Å². The molecule has 0 aliphatic carbocycles. The van der Waals surface area contributed by atoms with Crippen LogP contribution in [0.25, 0.3) is 0 Å². The zero-order chi connectivity index (χ0) is 18.4. The molecule has 3 heterocycles. The van der Waals surface area contributed by atoms with E-state index < -0.39 is 23.4 Å². The van der Waals surface area contributed by atoms with Gasteiger partial charge in [-0.1, -0.05) is 0 Å². The highest BCUT2D eigenvalue weighted by Gasteiger charge is 2.39. The Kier molecular flexibility index (Phi) is 4.20. The summed E-state index contributed by atoms with van der Waals surface area (Å²) >= 11 is 0. The molecule has 6 nitrogen and oxygen atoms in total. The maximum Gasteiger partial charge on any atom is 0.418 e. The van der Waals surface area contributed by atoms with Crippen molar-refractivity contribution in [1.29, 1.82) is 0 Å². The Bertz CT molecular complexity index is 673. The summed E-state index contributed by atoms with van der Waals surface area (Å²) < 4.78 is 49.2. The fraction of sp³-hybridized carbons (Fsp3) is 0.625. The Hall–Kier alpha value is -2.19. The molecule has 0 N–H and O–H groups in total. The smallest absolute Gasteiger partial charge is 0.418 e. The van der Waals surface area contributed by atoms with Gasteiger partial charge in [-0.25, -0.2) is 9.78 Å². The monoisotopic (exact) mass is 359 g/mol. The first-order valence-electron chi connectivity index (χ1n) is 7.99. The number of carbonyl (C=O) groups excluding carboxylic acids is 1. The maximum absolute atomic E-state index is 12.8. The quantitative estimate of drug-likeness (QED) is 0.713. The second kappa shape index (κ2) is 5.96. The molecule has 9 heteroatoms. The highest BCUT2D eigenvalue weighted by molar-refractivity contribution is 5.69. The zero-order valence-electron chi connectivity index (χ0n) is 14.3. The fourth-order valence-electron chi connectivity index (χ4n) is 2.87. The highest BCUT2D eigenvalue weighted by atomic mass is 19.4. The van der Waals surface area contributed by atoms with Gasteiger partial charge in [-0.3, -0.25) is 0 Å². The minimum absolute atomic E-state index is 0.122. The molecule has 0 bridgehead atoms. The molecule has 1 saturated heterocycles. The second-order valence-corrected chi connectivity index (χ2v) is 7.13. The lowest BCUT2D eigenvalue weighted by Crippen LogP contribution is -2.59. The number of fused-ring (bicyclic) bond motifs is 3. The Labute approximate surface area is 143 Å². The predicted molar refractivity (Wildman–Crippen MR) is 83.7 cm³/mol. The lowest BCUT2D eigenvalue weighted by atomic mass is 10.1. The molecule has 0 saturated carbocycles. The van der Waals surface area contributed by atoms with Crippen molar-refractivity contribution in [3.8, 4) is 5.75 Å². The van der Waals surface area contributed by atoms with Crippen LogP contribution in [-0.2, 0) is 10.9 Å². The molecule has 1 fully saturated rings. The lowest BCUT2D eigenvalue weighted by Gasteiger charge is -2.44. The van der Waals surface area contributed by atoms with E-state index in [1.165, 1.54) is 0 Å². The van der Waals surface area contributed by atoms with Gasteiger partial charge in [-0.2, -0.15) is 13.2 Å². The number of piperazine rings is 1. The number of rotatable bonds is 0. The number of amides is 1. The van der Waals surface area contributed by atoms with E-state index in [-0.39, 0.29) is 18.4 Å². The third kappa shape index (κ3) is 3.74. The summed E-state index contributed by atoms with van der Waals surface area (Å²) in [5.74, 6) is 0.505. The molecule has 0 aromatic carbocycles. The van der Waals surface area contributed by atoms with Gasteiger partial charge in [0.2, 0.25) is 0 Å². The first-order chi connectivity index (χ1) is 11.5. The normalized spacial score (nSPS) is 20.5. The molecule has 1 aromatic rings. The van der Waals surface area contributed by atoms with Gasteiger partial charge in [0.05, 0.1) is 11.6 Å². The number of anilines is 1. The standard InChI is InChI=1S/C16H20F3N3O3/c1-15(2,3)25-14(23)21-4-5-22-11(8-21)9-24-12-6-10(16(17,18)19)7-20-13(12)22/h6-7,11H,4-5,8-9H2,1-3H3. The van der Waals surface area contributed by atoms with E-state index in [2.05, 4.69) is 4.98 Å². The SMILES string of the molecule is CC(C)(C)OC(=O)N1CCN2c3ncc(C(F)(F)F)cc3OCC2C1. The zero-order valence-corrected chi connectivity index (χ0v) is 14.3. The summed E-state index contributed by atoms with van der Waals surface area (Å²) in [6.45, 7) is 6.81. The fourth-order valence-corrected chi connectivity index (χ4v) is 2.87. The molecule has 138 valence electrons. The number of nitrogens with zero attached hydrogens (tertiary/aromatic N) is 3. The molecule has 2 aliphatic heterocycles. The number of carbonyl (C=O) groups is 1. The van der Waals surface area contributed by atoms with Crippen molar-refractivity contribution in [2.75, 3.05) is 31.1 Å². The lowest BCUT2D eigenvalue weighted by molar-refractivity contribution is -0.138. The molecule has 2 aliphatic rings. The van der Waals surface area contributed by atoms with E-state index in [0.717, 1.165) is 12.3 Å². The topological polar surface area (TPSA) is 54.9 Å². The van der Waals surface area contributed by atoms with E-state index in [4.69, 9.17) is 9.47 Å². The number of hydrogen-bond donors (Lipinski definition) is 0. The summed E-state index contributed by atoms with van der Waals surface area (Å²) in [5, 5.41) is 0. The van der Waals surface area contributed by atoms with Gasteiger partial charge >= 0.3 is 12.3 Å². The van der Waals surface area contributed by atoms with Crippen molar-refractivity contribution < 1.29 is 27.4 Å². The van der Waals surface area contributed by atoms with Crippen LogP contribution in [0, 0.1) is 0 Å². The minimum atomic E-state index is -4.46. The van der Waals surface area contributed by atoms with Crippen molar-refractivity contribution in [2.24, 2.45) is 0 Å². The first-order valence-corrected chi connectivity index (χ1v) is 7.99. The molecule has 1 unspecified atom stereocenters. The number of pyridine rings is 1. The van der Waals surface area contributed by atoms with Crippen LogP contribution < -0.4 is 9.64 Å². The van der Waals surface area contributed by atoms with Crippen molar-refractivity contribution in [3.63, 3.8) is 0 Å². The van der Waals surface area contributed by atoms with Gasteiger partial charge in [0.1, 0.15) is 12.2 Å². The Morgan fingerprint density at radius 1 is 1.32 bits per heavy atom. The summed E-state index contributed by atoms with van der Waals surface area (Å²) in [4.78, 5) is 19.6. The molecule has 1 aromatic heterocycles. The Morgan fingerprint density at radius 2 is 2.04 bits per heavy atom.